The Morgan fingerprint density at radius 3 is 2.68 bits per heavy atom. The van der Waals surface area contributed by atoms with E-state index in [2.05, 4.69) is 0 Å². The molecule has 0 aliphatic rings. The van der Waals surface area contributed by atoms with Gasteiger partial charge in [-0.1, -0.05) is 6.07 Å². The summed E-state index contributed by atoms with van der Waals surface area (Å²) in [6.07, 6.45) is -6.92. The largest absolute Gasteiger partial charge is 0.495 e. The molecule has 0 bridgehead atoms. The Morgan fingerprint density at radius 1 is 1.47 bits per heavy atom. The number of aliphatic hydroxyl groups is 1. The third-order valence-electron chi connectivity index (χ3n) is 2.31. The number of nitriles is 1. The Morgan fingerprint density at radius 2 is 2.16 bits per heavy atom. The molecule has 0 amide bonds. The monoisotopic (exact) mass is 291 g/mol. The highest BCUT2D eigenvalue weighted by molar-refractivity contribution is 7.98. The van der Waals surface area contributed by atoms with Gasteiger partial charge < -0.3 is 9.84 Å². The van der Waals surface area contributed by atoms with Crippen molar-refractivity contribution in [3.63, 3.8) is 0 Å². The van der Waals surface area contributed by atoms with Crippen molar-refractivity contribution in [2.24, 2.45) is 0 Å². The zero-order valence-corrected chi connectivity index (χ0v) is 10.9. The van der Waals surface area contributed by atoms with Crippen molar-refractivity contribution in [2.45, 2.75) is 18.0 Å². The van der Waals surface area contributed by atoms with Gasteiger partial charge in [0.15, 0.2) is 6.10 Å². The highest BCUT2D eigenvalue weighted by atomic mass is 32.2. The van der Waals surface area contributed by atoms with Gasteiger partial charge in [-0.05, 0) is 17.7 Å². The van der Waals surface area contributed by atoms with Crippen LogP contribution in [-0.4, -0.2) is 30.2 Å². The number of benzene rings is 1. The van der Waals surface area contributed by atoms with Crippen LogP contribution in [0.1, 0.15) is 11.1 Å². The number of rotatable bonds is 5. The summed E-state index contributed by atoms with van der Waals surface area (Å²) in [5.41, 5.74) is 1.04. The minimum absolute atomic E-state index is 0.284. The summed E-state index contributed by atoms with van der Waals surface area (Å²) >= 11 is 0.954. The summed E-state index contributed by atoms with van der Waals surface area (Å²) in [6, 6.07) is 6.77. The summed E-state index contributed by atoms with van der Waals surface area (Å²) in [5, 5.41) is 17.7. The number of methoxy groups -OCH3 is 1. The predicted molar refractivity (Wildman–Crippen MR) is 65.9 cm³/mol. The van der Waals surface area contributed by atoms with Crippen LogP contribution in [0.2, 0.25) is 0 Å². The Hall–Kier alpha value is -1.39. The molecular weight excluding hydrogens is 279 g/mol. The lowest BCUT2D eigenvalue weighted by Gasteiger charge is -2.13. The first-order chi connectivity index (χ1) is 8.88. The van der Waals surface area contributed by atoms with Gasteiger partial charge in [0.25, 0.3) is 0 Å². The average molecular weight is 291 g/mol. The molecule has 0 aromatic heterocycles. The molecular formula is C12H12F3NO2S. The van der Waals surface area contributed by atoms with E-state index in [1.165, 1.54) is 7.11 Å². The normalized spacial score (nSPS) is 12.8. The van der Waals surface area contributed by atoms with Crippen molar-refractivity contribution < 1.29 is 23.0 Å². The lowest BCUT2D eigenvalue weighted by Crippen LogP contribution is -2.30. The second-order valence-electron chi connectivity index (χ2n) is 3.72. The minimum atomic E-state index is -4.59. The first-order valence-corrected chi connectivity index (χ1v) is 6.43. The molecule has 0 fully saturated rings. The molecule has 19 heavy (non-hydrogen) atoms. The molecule has 1 aromatic carbocycles. The lowest BCUT2D eigenvalue weighted by molar-refractivity contribution is -0.195. The van der Waals surface area contributed by atoms with Crippen LogP contribution in [0.4, 0.5) is 13.2 Å². The SMILES string of the molecule is COc1ccc(CSCC(O)C(F)(F)F)cc1C#N. The summed E-state index contributed by atoms with van der Waals surface area (Å²) in [4.78, 5) is 0. The van der Waals surface area contributed by atoms with Crippen LogP contribution in [0.25, 0.3) is 0 Å². The molecule has 1 rings (SSSR count). The molecule has 0 radical (unpaired) electrons. The summed E-state index contributed by atoms with van der Waals surface area (Å²) in [6.45, 7) is 0. The highest BCUT2D eigenvalue weighted by Crippen LogP contribution is 2.26. The van der Waals surface area contributed by atoms with Crippen molar-refractivity contribution in [1.82, 2.24) is 0 Å². The number of thioether (sulfide) groups is 1. The number of aliphatic hydroxyl groups excluding tert-OH is 1. The molecule has 1 N–H and O–H groups in total. The summed E-state index contributed by atoms with van der Waals surface area (Å²) < 4.78 is 41.2. The van der Waals surface area contributed by atoms with E-state index in [0.717, 1.165) is 11.8 Å². The van der Waals surface area contributed by atoms with Crippen LogP contribution in [0.15, 0.2) is 18.2 Å². The standard InChI is InChI=1S/C12H12F3NO2S/c1-18-10-3-2-8(4-9(10)5-16)6-19-7-11(17)12(13,14)15/h2-4,11,17H,6-7H2,1H3. The van der Waals surface area contributed by atoms with Crippen molar-refractivity contribution in [3.8, 4) is 11.8 Å². The molecule has 3 nitrogen and oxygen atoms in total. The van der Waals surface area contributed by atoms with E-state index < -0.39 is 18.0 Å². The summed E-state index contributed by atoms with van der Waals surface area (Å²) in [7, 11) is 1.43. The Bertz CT molecular complexity index is 471. The average Bonchev–Trinajstić information content (AvgIpc) is 2.37. The Balaban J connectivity index is 2.58. The smallest absolute Gasteiger partial charge is 0.415 e. The van der Waals surface area contributed by atoms with Crippen LogP contribution in [0, 0.1) is 11.3 Å². The predicted octanol–water partition coefficient (Wildman–Crippen LogP) is 2.72. The summed E-state index contributed by atoms with van der Waals surface area (Å²) in [5.74, 6) is 0.273. The second kappa shape index (κ2) is 6.68. The van der Waals surface area contributed by atoms with Gasteiger partial charge in [0.2, 0.25) is 0 Å². The number of alkyl halides is 3. The van der Waals surface area contributed by atoms with Crippen LogP contribution in [0.5, 0.6) is 5.75 Å². The zero-order valence-electron chi connectivity index (χ0n) is 10.1. The van der Waals surface area contributed by atoms with Crippen molar-refractivity contribution in [1.29, 1.82) is 5.26 Å². The number of hydrogen-bond donors (Lipinski definition) is 1. The third kappa shape index (κ3) is 4.65. The fourth-order valence-electron chi connectivity index (χ4n) is 1.32. The maximum absolute atomic E-state index is 12.1. The quantitative estimate of drug-likeness (QED) is 0.906. The van der Waals surface area contributed by atoms with Gasteiger partial charge in [-0.3, -0.25) is 0 Å². The number of nitrogens with zero attached hydrogens (tertiary/aromatic N) is 1. The van der Waals surface area contributed by atoms with Crippen LogP contribution < -0.4 is 4.74 Å². The van der Waals surface area contributed by atoms with Gasteiger partial charge in [0, 0.05) is 11.5 Å². The Labute approximate surface area is 113 Å². The van der Waals surface area contributed by atoms with Crippen molar-refractivity contribution in [3.05, 3.63) is 29.3 Å². The Kier molecular flexibility index (Phi) is 5.51. The maximum atomic E-state index is 12.1. The van der Waals surface area contributed by atoms with E-state index in [9.17, 15) is 13.2 Å². The van der Waals surface area contributed by atoms with Gasteiger partial charge in [0.05, 0.1) is 12.7 Å². The fraction of sp³-hybridized carbons (Fsp3) is 0.417. The molecule has 1 unspecified atom stereocenters. The van der Waals surface area contributed by atoms with E-state index in [0.29, 0.717) is 16.9 Å². The molecule has 104 valence electrons. The van der Waals surface area contributed by atoms with E-state index in [1.807, 2.05) is 6.07 Å². The van der Waals surface area contributed by atoms with Crippen molar-refractivity contribution in [2.75, 3.05) is 12.9 Å². The van der Waals surface area contributed by atoms with E-state index >= 15 is 0 Å². The highest BCUT2D eigenvalue weighted by Gasteiger charge is 2.37. The molecule has 0 spiro atoms. The number of halogens is 3. The molecule has 1 atom stereocenters. The first kappa shape index (κ1) is 15.7. The van der Waals surface area contributed by atoms with Gasteiger partial charge in [-0.15, -0.1) is 0 Å². The fourth-order valence-corrected chi connectivity index (χ4v) is 2.26. The molecule has 1 aromatic rings. The molecule has 7 heteroatoms. The van der Waals surface area contributed by atoms with Crippen LogP contribution in [-0.2, 0) is 5.75 Å². The van der Waals surface area contributed by atoms with E-state index in [1.54, 1.807) is 18.2 Å². The van der Waals surface area contributed by atoms with Gasteiger partial charge in [0.1, 0.15) is 11.8 Å². The van der Waals surface area contributed by atoms with Crippen molar-refractivity contribution >= 4 is 11.8 Å². The van der Waals surface area contributed by atoms with E-state index in [4.69, 9.17) is 15.1 Å². The first-order valence-electron chi connectivity index (χ1n) is 5.28. The third-order valence-corrected chi connectivity index (χ3v) is 3.40. The lowest BCUT2D eigenvalue weighted by atomic mass is 10.1. The molecule has 0 aliphatic carbocycles. The maximum Gasteiger partial charge on any atom is 0.415 e. The van der Waals surface area contributed by atoms with E-state index in [-0.39, 0.29) is 5.75 Å². The molecule has 0 aliphatic heterocycles. The topological polar surface area (TPSA) is 53.2 Å². The van der Waals surface area contributed by atoms with Crippen LogP contribution in [0.3, 0.4) is 0 Å². The van der Waals surface area contributed by atoms with Gasteiger partial charge in [-0.25, -0.2) is 0 Å². The molecule has 0 heterocycles. The van der Waals surface area contributed by atoms with Gasteiger partial charge in [-0.2, -0.15) is 30.2 Å². The van der Waals surface area contributed by atoms with Crippen LogP contribution >= 0.6 is 11.8 Å². The second-order valence-corrected chi connectivity index (χ2v) is 4.75. The van der Waals surface area contributed by atoms with Gasteiger partial charge >= 0.3 is 6.18 Å². The number of ether oxygens (including phenoxy) is 1. The zero-order chi connectivity index (χ0) is 14.5. The minimum Gasteiger partial charge on any atom is -0.495 e. The number of hydrogen-bond acceptors (Lipinski definition) is 4. The molecule has 0 saturated heterocycles. The molecule has 0 saturated carbocycles.